The van der Waals surface area contributed by atoms with Crippen molar-refractivity contribution < 1.29 is 0 Å². The van der Waals surface area contributed by atoms with Crippen LogP contribution in [0.3, 0.4) is 0 Å². The van der Waals surface area contributed by atoms with Gasteiger partial charge in [-0.1, -0.05) is 59.3 Å². The van der Waals surface area contributed by atoms with E-state index in [0.717, 1.165) is 17.2 Å². The molecule has 2 saturated carbocycles. The van der Waals surface area contributed by atoms with Crippen molar-refractivity contribution in [2.45, 2.75) is 102 Å². The summed E-state index contributed by atoms with van der Waals surface area (Å²) in [6.45, 7) is 10.1. The van der Waals surface area contributed by atoms with Crippen molar-refractivity contribution in [1.82, 2.24) is 9.13 Å². The van der Waals surface area contributed by atoms with Crippen LogP contribution < -0.4 is 0 Å². The van der Waals surface area contributed by atoms with Crippen molar-refractivity contribution in [3.05, 3.63) is 0 Å². The Balaban J connectivity index is 1.79. The molecule has 0 aliphatic heterocycles. The van der Waals surface area contributed by atoms with Crippen LogP contribution in [0.5, 0.6) is 0 Å². The van der Waals surface area contributed by atoms with Crippen molar-refractivity contribution in [1.29, 1.82) is 0 Å². The van der Waals surface area contributed by atoms with Gasteiger partial charge in [0, 0.05) is 12.1 Å². The lowest BCUT2D eigenvalue weighted by molar-refractivity contribution is 0.258. The van der Waals surface area contributed by atoms with E-state index in [1.807, 2.05) is 0 Å². The molecule has 0 radical (unpaired) electrons. The van der Waals surface area contributed by atoms with E-state index in [4.69, 9.17) is 0 Å². The maximum Gasteiger partial charge on any atom is 0.0962 e. The number of rotatable bonds is 8. The molecule has 0 bridgehead atoms. The van der Waals surface area contributed by atoms with Gasteiger partial charge in [0.05, 0.1) is 19.4 Å². The molecule has 2 aliphatic rings. The van der Waals surface area contributed by atoms with Crippen LogP contribution in [-0.2, 0) is 0 Å². The van der Waals surface area contributed by atoms with Crippen molar-refractivity contribution >= 4 is 19.4 Å². The second kappa shape index (κ2) is 10.3. The van der Waals surface area contributed by atoms with E-state index < -0.39 is 0 Å². The van der Waals surface area contributed by atoms with Crippen LogP contribution in [0.2, 0.25) is 5.16 Å². The lowest BCUT2D eigenvalue weighted by Crippen LogP contribution is -2.46. The van der Waals surface area contributed by atoms with Crippen LogP contribution in [0.1, 0.15) is 85.0 Å². The zero-order valence-electron chi connectivity index (χ0n) is 15.5. The Hall–Kier alpha value is 0.354. The van der Waals surface area contributed by atoms with Gasteiger partial charge >= 0.3 is 0 Å². The van der Waals surface area contributed by atoms with Gasteiger partial charge in [0.25, 0.3) is 0 Å². The van der Waals surface area contributed by atoms with E-state index in [1.54, 1.807) is 0 Å². The minimum Gasteiger partial charge on any atom is -0.327 e. The van der Waals surface area contributed by atoms with E-state index >= 15 is 0 Å². The summed E-state index contributed by atoms with van der Waals surface area (Å²) in [4.78, 5) is 0. The highest BCUT2D eigenvalue weighted by Gasteiger charge is 2.25. The summed E-state index contributed by atoms with van der Waals surface area (Å²) < 4.78 is 5.93. The summed E-state index contributed by atoms with van der Waals surface area (Å²) in [6, 6.07) is 1.93. The highest BCUT2D eigenvalue weighted by molar-refractivity contribution is 6.55. The summed E-state index contributed by atoms with van der Waals surface area (Å²) >= 11 is 0. The van der Waals surface area contributed by atoms with Crippen molar-refractivity contribution in [2.24, 2.45) is 0 Å². The molecule has 2 nitrogen and oxygen atoms in total. The zero-order valence-corrected chi connectivity index (χ0v) is 18.4. The molecule has 0 aromatic rings. The first-order valence-corrected chi connectivity index (χ1v) is 13.1. The van der Waals surface area contributed by atoms with Crippen LogP contribution in [0.4, 0.5) is 0 Å². The first-order valence-electron chi connectivity index (χ1n) is 10.2. The third-order valence-electron chi connectivity index (χ3n) is 6.09. The molecule has 0 N–H and O–H groups in total. The fraction of sp³-hybridized carbons (Fsp3) is 1.00. The van der Waals surface area contributed by atoms with Gasteiger partial charge in [0.15, 0.2) is 0 Å². The van der Waals surface area contributed by atoms with Crippen LogP contribution in [0.15, 0.2) is 0 Å². The highest BCUT2D eigenvalue weighted by atomic mass is 28.3. The molecule has 0 saturated heterocycles. The van der Waals surface area contributed by atoms with Crippen LogP contribution in [0, 0.1) is 0 Å². The van der Waals surface area contributed by atoms with Gasteiger partial charge in [-0.15, -0.1) is 0 Å². The molecule has 2 aliphatic carbocycles. The minimum absolute atomic E-state index is 0.0295. The Morgan fingerprint density at radius 3 is 1.41 bits per heavy atom. The topological polar surface area (TPSA) is 6.48 Å². The quantitative estimate of drug-likeness (QED) is 0.626. The first kappa shape index (κ1) is 18.7. The molecule has 0 heterocycles. The Kier molecular flexibility index (Phi) is 8.72. The Morgan fingerprint density at radius 2 is 1.09 bits per heavy atom. The Bertz CT molecular complexity index is 261. The van der Waals surface area contributed by atoms with Crippen LogP contribution >= 0.6 is 0 Å². The largest absolute Gasteiger partial charge is 0.327 e. The zero-order chi connectivity index (χ0) is 15.8. The first-order chi connectivity index (χ1) is 10.7. The van der Waals surface area contributed by atoms with Gasteiger partial charge in [0.1, 0.15) is 0 Å². The molecule has 4 heteroatoms. The molecule has 22 heavy (non-hydrogen) atoms. The average Bonchev–Trinajstić information content (AvgIpc) is 2.59. The van der Waals surface area contributed by atoms with Gasteiger partial charge in [-0.3, -0.25) is 0 Å². The van der Waals surface area contributed by atoms with Gasteiger partial charge in [-0.2, -0.15) is 0 Å². The molecule has 0 unspecified atom stereocenters. The highest BCUT2D eigenvalue weighted by Crippen LogP contribution is 2.25. The lowest BCUT2D eigenvalue weighted by atomic mass is 9.95. The smallest absolute Gasteiger partial charge is 0.0962 e. The molecule has 2 rings (SSSR count). The maximum atomic E-state index is 2.96. The second-order valence-electron chi connectivity index (χ2n) is 7.86. The summed E-state index contributed by atoms with van der Waals surface area (Å²) in [6.07, 6.45) is 14.9. The third-order valence-corrected chi connectivity index (χ3v) is 11.7. The van der Waals surface area contributed by atoms with E-state index in [0.29, 0.717) is 0 Å². The van der Waals surface area contributed by atoms with E-state index in [1.165, 1.54) is 77.3 Å². The molecule has 2 fully saturated rings. The molecule has 0 aromatic carbocycles. The van der Waals surface area contributed by atoms with Crippen molar-refractivity contribution in [2.75, 3.05) is 13.1 Å². The average molecular weight is 341 g/mol. The third kappa shape index (κ3) is 5.77. The van der Waals surface area contributed by atoms with E-state index in [9.17, 15) is 0 Å². The molecule has 0 spiro atoms. The standard InChI is InChI=1S/C18H40N2Si2/c1-4-19(17-12-8-6-9-13-17)21-16(3)22-20(5-2)18-14-10-7-11-15-18/h16-18H,4-15,21-22H2,1-3H3. The molecule has 130 valence electrons. The molecule has 0 amide bonds. The fourth-order valence-corrected chi connectivity index (χ4v) is 10.7. The van der Waals surface area contributed by atoms with Gasteiger partial charge in [-0.25, -0.2) is 0 Å². The van der Waals surface area contributed by atoms with Gasteiger partial charge in [0.2, 0.25) is 0 Å². The molecular formula is C18H40N2Si2. The molecular weight excluding hydrogens is 300 g/mol. The molecule has 0 aromatic heterocycles. The van der Waals surface area contributed by atoms with Crippen LogP contribution in [0.25, 0.3) is 0 Å². The second-order valence-corrected chi connectivity index (χ2v) is 14.2. The summed E-state index contributed by atoms with van der Waals surface area (Å²) in [5.41, 5.74) is 0. The lowest BCUT2D eigenvalue weighted by Gasteiger charge is -2.38. The summed E-state index contributed by atoms with van der Waals surface area (Å²) in [7, 11) is -0.0589. The Labute approximate surface area is 144 Å². The molecule has 0 atom stereocenters. The van der Waals surface area contributed by atoms with Gasteiger partial charge in [-0.05, 0) is 43.9 Å². The maximum absolute atomic E-state index is 2.96. The van der Waals surface area contributed by atoms with Crippen molar-refractivity contribution in [3.8, 4) is 0 Å². The predicted octanol–water partition coefficient (Wildman–Crippen LogP) is 3.23. The summed E-state index contributed by atoms with van der Waals surface area (Å²) in [5.74, 6) is 0. The summed E-state index contributed by atoms with van der Waals surface area (Å²) in [5, 5.41) is 1.09. The SMILES string of the molecule is CCN([SiH2]C(C)[SiH2]N(CC)C1CCCCC1)C1CCCCC1. The van der Waals surface area contributed by atoms with Crippen molar-refractivity contribution in [3.63, 3.8) is 0 Å². The fourth-order valence-electron chi connectivity index (χ4n) is 4.82. The number of hydrogen-bond donors (Lipinski definition) is 0. The Morgan fingerprint density at radius 1 is 0.727 bits per heavy atom. The predicted molar refractivity (Wildman–Crippen MR) is 105 cm³/mol. The van der Waals surface area contributed by atoms with E-state index in [-0.39, 0.29) is 19.4 Å². The minimum atomic E-state index is -0.0295. The normalized spacial score (nSPS) is 24.4. The van der Waals surface area contributed by atoms with Crippen LogP contribution in [-0.4, -0.2) is 53.7 Å². The number of hydrogen-bond acceptors (Lipinski definition) is 2. The number of nitrogens with zero attached hydrogens (tertiary/aromatic N) is 2. The van der Waals surface area contributed by atoms with Gasteiger partial charge < -0.3 is 9.13 Å². The monoisotopic (exact) mass is 340 g/mol. The van der Waals surface area contributed by atoms with E-state index in [2.05, 4.69) is 29.9 Å².